The molecule has 0 unspecified atom stereocenters. The van der Waals surface area contributed by atoms with Crippen molar-refractivity contribution in [3.63, 3.8) is 0 Å². The van der Waals surface area contributed by atoms with E-state index in [0.29, 0.717) is 4.57 Å². The highest BCUT2D eigenvalue weighted by Crippen LogP contribution is 2.36. The van der Waals surface area contributed by atoms with E-state index in [1.807, 2.05) is 4.98 Å². The van der Waals surface area contributed by atoms with Gasteiger partial charge in [-0.15, -0.1) is 0 Å². The number of H-pyrrole nitrogens is 1. The van der Waals surface area contributed by atoms with Gasteiger partial charge in [0.2, 0.25) is 0 Å². The van der Waals surface area contributed by atoms with Crippen LogP contribution in [0.4, 0.5) is 4.39 Å². The van der Waals surface area contributed by atoms with Gasteiger partial charge in [-0.1, -0.05) is 11.6 Å². The third-order valence-electron chi connectivity index (χ3n) is 2.96. The van der Waals surface area contributed by atoms with Crippen molar-refractivity contribution < 1.29 is 19.7 Å². The van der Waals surface area contributed by atoms with Crippen molar-refractivity contribution in [2.45, 2.75) is 18.2 Å². The third-order valence-corrected chi connectivity index (χ3v) is 3.23. The molecule has 0 saturated carbocycles. The molecule has 1 aromatic heterocycles. The zero-order valence-electron chi connectivity index (χ0n) is 9.38. The monoisotopic (exact) mass is 292 g/mol. The smallest absolute Gasteiger partial charge is 0.329 e. The molecular formula is C10H10ClFN2O5. The first-order valence-corrected chi connectivity index (χ1v) is 5.62. The molecule has 9 heteroatoms. The van der Waals surface area contributed by atoms with Crippen LogP contribution in [0.2, 0.25) is 5.02 Å². The molecular weight excluding hydrogens is 283 g/mol. The Labute approximate surface area is 110 Å². The Morgan fingerprint density at radius 3 is 2.58 bits per heavy atom. The first kappa shape index (κ1) is 13.9. The Morgan fingerprint density at radius 2 is 2.05 bits per heavy atom. The predicted octanol–water partition coefficient (Wildman–Crippen LogP) is -1.32. The first-order chi connectivity index (χ1) is 8.88. The number of aromatic amines is 1. The molecule has 0 saturated heterocycles. The Kier molecular flexibility index (Phi) is 3.59. The number of hydrogen-bond donors (Lipinski definition) is 4. The van der Waals surface area contributed by atoms with Gasteiger partial charge in [0.1, 0.15) is 29.1 Å². The van der Waals surface area contributed by atoms with Crippen molar-refractivity contribution in [2.24, 2.45) is 0 Å². The highest BCUT2D eigenvalue weighted by atomic mass is 35.5. The van der Waals surface area contributed by atoms with Crippen molar-refractivity contribution in [2.75, 3.05) is 6.61 Å². The van der Waals surface area contributed by atoms with Gasteiger partial charge < -0.3 is 15.3 Å². The number of nitrogens with zero attached hydrogens (tertiary/aromatic N) is 1. The molecule has 4 N–H and O–H groups in total. The van der Waals surface area contributed by atoms with E-state index in [1.165, 1.54) is 0 Å². The van der Waals surface area contributed by atoms with Gasteiger partial charge >= 0.3 is 5.69 Å². The predicted molar refractivity (Wildman–Crippen MR) is 62.6 cm³/mol. The summed E-state index contributed by atoms with van der Waals surface area (Å²) in [5.74, 6) is -1.03. The molecule has 0 bridgehead atoms. The molecule has 1 aromatic rings. The molecule has 0 fully saturated rings. The Morgan fingerprint density at radius 1 is 1.42 bits per heavy atom. The van der Waals surface area contributed by atoms with Crippen molar-refractivity contribution in [1.82, 2.24) is 9.55 Å². The Balaban J connectivity index is 2.60. The molecule has 0 aliphatic heterocycles. The fraction of sp³-hybridized carbons (Fsp3) is 0.400. The molecule has 3 atom stereocenters. The standard InChI is InChI=1S/C10H10ClFN2O5/c11-4-1-14(10(19)13-9(4)18)6-5(12)3(2-15)7(16)8(6)17/h1,6-8,15-17H,2H2,(H,13,18,19)/t6-,7-,8+/m1/s1. The average Bonchev–Trinajstić information content (AvgIpc) is 2.56. The van der Waals surface area contributed by atoms with Crippen LogP contribution in [-0.4, -0.2) is 43.7 Å². The Bertz CT molecular complexity index is 652. The lowest BCUT2D eigenvalue weighted by Crippen LogP contribution is -2.38. The van der Waals surface area contributed by atoms with E-state index in [1.54, 1.807) is 0 Å². The van der Waals surface area contributed by atoms with E-state index in [2.05, 4.69) is 0 Å². The van der Waals surface area contributed by atoms with Gasteiger partial charge in [-0.05, 0) is 0 Å². The molecule has 0 radical (unpaired) electrons. The highest BCUT2D eigenvalue weighted by molar-refractivity contribution is 6.30. The summed E-state index contributed by atoms with van der Waals surface area (Å²) in [6.45, 7) is -0.799. The minimum Gasteiger partial charge on any atom is -0.392 e. The second-order valence-electron chi connectivity index (χ2n) is 4.06. The van der Waals surface area contributed by atoms with E-state index in [9.17, 15) is 24.2 Å². The molecule has 0 amide bonds. The van der Waals surface area contributed by atoms with Crippen molar-refractivity contribution in [3.8, 4) is 0 Å². The Hall–Kier alpha value is -1.48. The average molecular weight is 293 g/mol. The van der Waals surface area contributed by atoms with Crippen LogP contribution in [0.1, 0.15) is 6.04 Å². The summed E-state index contributed by atoms with van der Waals surface area (Å²) in [4.78, 5) is 24.5. The fourth-order valence-electron chi connectivity index (χ4n) is 1.98. The van der Waals surface area contributed by atoms with Crippen molar-refractivity contribution >= 4 is 11.6 Å². The summed E-state index contributed by atoms with van der Waals surface area (Å²) < 4.78 is 14.6. The lowest BCUT2D eigenvalue weighted by Gasteiger charge is -2.19. The number of nitrogens with one attached hydrogen (secondary N) is 1. The van der Waals surface area contributed by atoms with E-state index in [-0.39, 0.29) is 5.02 Å². The number of aromatic nitrogens is 2. The van der Waals surface area contributed by atoms with Gasteiger partial charge in [-0.25, -0.2) is 9.18 Å². The first-order valence-electron chi connectivity index (χ1n) is 5.25. The van der Waals surface area contributed by atoms with Gasteiger partial charge in [0.15, 0.2) is 0 Å². The second kappa shape index (κ2) is 4.89. The number of hydrogen-bond acceptors (Lipinski definition) is 5. The van der Waals surface area contributed by atoms with Gasteiger partial charge in [0.25, 0.3) is 5.56 Å². The highest BCUT2D eigenvalue weighted by Gasteiger charge is 2.43. The van der Waals surface area contributed by atoms with Gasteiger partial charge in [0, 0.05) is 11.8 Å². The molecule has 2 rings (SSSR count). The molecule has 1 aliphatic rings. The zero-order chi connectivity index (χ0) is 14.3. The lowest BCUT2D eigenvalue weighted by molar-refractivity contribution is 0.0244. The molecule has 0 aromatic carbocycles. The molecule has 1 aliphatic carbocycles. The summed E-state index contributed by atoms with van der Waals surface area (Å²) >= 11 is 5.53. The SMILES string of the molecule is O=c1[nH]c(=O)n([C@@H]2C(F)=C(CO)[C@@H](O)[C@H]2O)cc1Cl. The van der Waals surface area contributed by atoms with Crippen LogP contribution in [0.25, 0.3) is 0 Å². The van der Waals surface area contributed by atoms with Crippen LogP contribution in [0.15, 0.2) is 27.2 Å². The lowest BCUT2D eigenvalue weighted by atomic mass is 10.1. The van der Waals surface area contributed by atoms with Crippen LogP contribution in [0.3, 0.4) is 0 Å². The van der Waals surface area contributed by atoms with Crippen LogP contribution in [-0.2, 0) is 0 Å². The minimum absolute atomic E-state index is 0.369. The van der Waals surface area contributed by atoms with E-state index >= 15 is 0 Å². The number of aliphatic hydroxyl groups excluding tert-OH is 3. The molecule has 7 nitrogen and oxygen atoms in total. The minimum atomic E-state index is -1.66. The molecule has 0 spiro atoms. The maximum atomic E-state index is 14.0. The normalized spacial score (nSPS) is 27.1. The third kappa shape index (κ3) is 2.12. The number of halogens is 2. The van der Waals surface area contributed by atoms with E-state index in [0.717, 1.165) is 6.20 Å². The summed E-state index contributed by atoms with van der Waals surface area (Å²) in [5.41, 5.74) is -2.24. The maximum absolute atomic E-state index is 14.0. The van der Waals surface area contributed by atoms with Crippen LogP contribution >= 0.6 is 11.6 Å². The fourth-order valence-corrected chi connectivity index (χ4v) is 2.14. The van der Waals surface area contributed by atoms with Crippen LogP contribution in [0, 0.1) is 0 Å². The van der Waals surface area contributed by atoms with Gasteiger partial charge in [0.05, 0.1) is 6.61 Å². The number of rotatable bonds is 2. The molecule has 1 heterocycles. The molecule has 104 valence electrons. The van der Waals surface area contributed by atoms with Crippen LogP contribution < -0.4 is 11.2 Å². The second-order valence-corrected chi connectivity index (χ2v) is 4.46. The van der Waals surface area contributed by atoms with Crippen molar-refractivity contribution in [3.05, 3.63) is 43.5 Å². The van der Waals surface area contributed by atoms with Gasteiger partial charge in [-0.2, -0.15) is 0 Å². The summed E-state index contributed by atoms with van der Waals surface area (Å²) in [7, 11) is 0. The maximum Gasteiger partial charge on any atom is 0.329 e. The van der Waals surface area contributed by atoms with Gasteiger partial charge in [-0.3, -0.25) is 14.3 Å². The summed E-state index contributed by atoms with van der Waals surface area (Å²) in [5, 5.41) is 27.8. The summed E-state index contributed by atoms with van der Waals surface area (Å²) in [6.07, 6.45) is -2.43. The largest absolute Gasteiger partial charge is 0.392 e. The number of aliphatic hydroxyl groups is 3. The topological polar surface area (TPSA) is 116 Å². The zero-order valence-corrected chi connectivity index (χ0v) is 10.1. The van der Waals surface area contributed by atoms with E-state index < -0.39 is 47.5 Å². The molecule has 19 heavy (non-hydrogen) atoms. The van der Waals surface area contributed by atoms with Crippen LogP contribution in [0.5, 0.6) is 0 Å². The quantitative estimate of drug-likeness (QED) is 0.540. The summed E-state index contributed by atoms with van der Waals surface area (Å²) in [6, 6.07) is -1.54. The van der Waals surface area contributed by atoms with E-state index in [4.69, 9.17) is 16.7 Å². The van der Waals surface area contributed by atoms with Crippen molar-refractivity contribution in [1.29, 1.82) is 0 Å².